The third-order valence-corrected chi connectivity index (χ3v) is 3.50. The van der Waals surface area contributed by atoms with E-state index in [2.05, 4.69) is 10.1 Å². The first-order chi connectivity index (χ1) is 10.9. The molecule has 0 fully saturated rings. The lowest BCUT2D eigenvalue weighted by Gasteiger charge is -2.07. The van der Waals surface area contributed by atoms with Crippen LogP contribution in [0.2, 0.25) is 0 Å². The number of ether oxygens (including phenoxy) is 1. The van der Waals surface area contributed by atoms with Crippen LogP contribution in [-0.4, -0.2) is 24.4 Å². The predicted molar refractivity (Wildman–Crippen MR) is 78.1 cm³/mol. The highest BCUT2D eigenvalue weighted by Gasteiger charge is 2.17. The lowest BCUT2D eigenvalue weighted by Crippen LogP contribution is -2.22. The molecule has 0 saturated heterocycles. The van der Waals surface area contributed by atoms with Gasteiger partial charge in [0, 0.05) is 6.07 Å². The molecule has 9 heteroatoms. The van der Waals surface area contributed by atoms with E-state index in [0.717, 1.165) is 23.5 Å². The van der Waals surface area contributed by atoms with E-state index >= 15 is 0 Å². The maximum Gasteiger partial charge on any atom is 0.341 e. The van der Waals surface area contributed by atoms with Crippen LogP contribution in [0, 0.1) is 11.6 Å². The van der Waals surface area contributed by atoms with Crippen LogP contribution in [0.25, 0.3) is 0 Å². The number of amides is 2. The van der Waals surface area contributed by atoms with Gasteiger partial charge in [0.05, 0.1) is 11.1 Å². The van der Waals surface area contributed by atoms with Gasteiger partial charge in [0.15, 0.2) is 6.61 Å². The first-order valence-electron chi connectivity index (χ1n) is 6.18. The first kappa shape index (κ1) is 16.6. The fraction of sp³-hybridized carbons (Fsp3) is 0.0714. The number of carbonyl (C=O) groups is 3. The Kier molecular flexibility index (Phi) is 5.02. The number of halogens is 2. The third kappa shape index (κ3) is 4.10. The van der Waals surface area contributed by atoms with Gasteiger partial charge >= 0.3 is 5.97 Å². The zero-order chi connectivity index (χ0) is 17.0. The molecular formula is C14H10F2N2O4S. The van der Waals surface area contributed by atoms with E-state index in [-0.39, 0.29) is 10.6 Å². The van der Waals surface area contributed by atoms with Crippen molar-refractivity contribution in [1.29, 1.82) is 0 Å². The molecular weight excluding hydrogens is 330 g/mol. The number of anilines is 1. The molecule has 1 aromatic carbocycles. The molecule has 0 saturated carbocycles. The Morgan fingerprint density at radius 1 is 1.17 bits per heavy atom. The Labute approximate surface area is 132 Å². The van der Waals surface area contributed by atoms with Gasteiger partial charge in [-0.2, -0.15) is 0 Å². The molecule has 6 nitrogen and oxygen atoms in total. The minimum atomic E-state index is -1.11. The van der Waals surface area contributed by atoms with Crippen molar-refractivity contribution < 1.29 is 27.9 Å². The Bertz CT molecular complexity index is 776. The molecule has 0 radical (unpaired) electrons. The second-order valence-electron chi connectivity index (χ2n) is 4.28. The van der Waals surface area contributed by atoms with Crippen molar-refractivity contribution in [3.8, 4) is 0 Å². The maximum atomic E-state index is 13.4. The fourth-order valence-electron chi connectivity index (χ4n) is 1.63. The second-order valence-corrected chi connectivity index (χ2v) is 5.19. The number of benzene rings is 1. The number of nitrogens with one attached hydrogen (secondary N) is 1. The quantitative estimate of drug-likeness (QED) is 0.813. The molecule has 0 spiro atoms. The highest BCUT2D eigenvalue weighted by atomic mass is 32.1. The Balaban J connectivity index is 1.95. The Morgan fingerprint density at radius 3 is 2.57 bits per heavy atom. The van der Waals surface area contributed by atoms with Crippen molar-refractivity contribution in [2.75, 3.05) is 11.9 Å². The summed E-state index contributed by atoms with van der Waals surface area (Å²) in [5.74, 6) is -4.49. The number of carbonyl (C=O) groups excluding carboxylic acids is 3. The third-order valence-electron chi connectivity index (χ3n) is 2.67. The van der Waals surface area contributed by atoms with Gasteiger partial charge in [0.2, 0.25) is 0 Å². The zero-order valence-corrected chi connectivity index (χ0v) is 12.3. The average Bonchev–Trinajstić information content (AvgIpc) is 2.93. The molecule has 120 valence electrons. The second kappa shape index (κ2) is 6.97. The molecule has 3 N–H and O–H groups in total. The summed E-state index contributed by atoms with van der Waals surface area (Å²) in [6, 6.07) is 3.77. The summed E-state index contributed by atoms with van der Waals surface area (Å²) in [7, 11) is 0. The summed E-state index contributed by atoms with van der Waals surface area (Å²) < 4.78 is 30.8. The topological polar surface area (TPSA) is 98.5 Å². The molecule has 1 aromatic heterocycles. The fourth-order valence-corrected chi connectivity index (χ4v) is 2.44. The molecule has 2 aromatic rings. The molecule has 0 atom stereocenters. The number of thiophene rings is 1. The van der Waals surface area contributed by atoms with Crippen LogP contribution >= 0.6 is 11.3 Å². The number of primary amides is 1. The van der Waals surface area contributed by atoms with Crippen molar-refractivity contribution in [1.82, 2.24) is 0 Å². The molecule has 0 bridgehead atoms. The lowest BCUT2D eigenvalue weighted by molar-refractivity contribution is -0.119. The summed E-state index contributed by atoms with van der Waals surface area (Å²) in [5, 5.41) is 4.12. The van der Waals surface area contributed by atoms with Gasteiger partial charge in [-0.05, 0) is 23.6 Å². The molecule has 0 aliphatic rings. The van der Waals surface area contributed by atoms with Crippen molar-refractivity contribution in [2.45, 2.75) is 0 Å². The summed E-state index contributed by atoms with van der Waals surface area (Å²) in [6.45, 7) is -0.703. The van der Waals surface area contributed by atoms with Gasteiger partial charge in [-0.25, -0.2) is 13.6 Å². The molecule has 2 amide bonds. The number of hydrogen-bond acceptors (Lipinski definition) is 5. The summed E-state index contributed by atoms with van der Waals surface area (Å²) in [6.07, 6.45) is 0. The first-order valence-corrected chi connectivity index (χ1v) is 7.05. The van der Waals surface area contributed by atoms with E-state index < -0.39 is 41.6 Å². The van der Waals surface area contributed by atoms with Crippen LogP contribution in [0.15, 0.2) is 29.6 Å². The zero-order valence-electron chi connectivity index (χ0n) is 11.5. The van der Waals surface area contributed by atoms with Crippen LogP contribution in [-0.2, 0) is 9.53 Å². The van der Waals surface area contributed by atoms with E-state index in [9.17, 15) is 23.2 Å². The molecule has 2 rings (SSSR count). The largest absolute Gasteiger partial charge is 0.452 e. The highest BCUT2D eigenvalue weighted by Crippen LogP contribution is 2.22. The van der Waals surface area contributed by atoms with Gasteiger partial charge in [-0.3, -0.25) is 9.59 Å². The summed E-state index contributed by atoms with van der Waals surface area (Å²) >= 11 is 1.07. The van der Waals surface area contributed by atoms with Crippen molar-refractivity contribution >= 4 is 34.1 Å². The molecule has 1 heterocycles. The number of hydrogen-bond donors (Lipinski definition) is 2. The van der Waals surface area contributed by atoms with Gasteiger partial charge < -0.3 is 15.8 Å². The minimum Gasteiger partial charge on any atom is -0.452 e. The number of esters is 1. The van der Waals surface area contributed by atoms with Gasteiger partial charge in [-0.1, -0.05) is 0 Å². The normalized spacial score (nSPS) is 10.2. The highest BCUT2D eigenvalue weighted by molar-refractivity contribution is 7.14. The van der Waals surface area contributed by atoms with E-state index in [1.54, 1.807) is 5.38 Å². The van der Waals surface area contributed by atoms with Crippen molar-refractivity contribution in [2.24, 2.45) is 5.73 Å². The van der Waals surface area contributed by atoms with Crippen molar-refractivity contribution in [3.05, 3.63) is 52.4 Å². The van der Waals surface area contributed by atoms with Gasteiger partial charge in [-0.15, -0.1) is 11.3 Å². The van der Waals surface area contributed by atoms with E-state index in [1.165, 1.54) is 6.07 Å². The van der Waals surface area contributed by atoms with Crippen LogP contribution in [0.1, 0.15) is 20.7 Å². The van der Waals surface area contributed by atoms with Crippen molar-refractivity contribution in [3.63, 3.8) is 0 Å². The van der Waals surface area contributed by atoms with Crippen LogP contribution in [0.3, 0.4) is 0 Å². The molecule has 0 aliphatic carbocycles. The molecule has 23 heavy (non-hydrogen) atoms. The van der Waals surface area contributed by atoms with Gasteiger partial charge in [0.25, 0.3) is 11.8 Å². The number of rotatable bonds is 5. The molecule has 0 aliphatic heterocycles. The molecule has 0 unspecified atom stereocenters. The van der Waals surface area contributed by atoms with Crippen LogP contribution in [0.4, 0.5) is 13.8 Å². The Morgan fingerprint density at radius 2 is 1.91 bits per heavy atom. The minimum absolute atomic E-state index is 0.124. The predicted octanol–water partition coefficient (Wildman–Crippen LogP) is 1.92. The van der Waals surface area contributed by atoms with Crippen LogP contribution in [0.5, 0.6) is 0 Å². The smallest absolute Gasteiger partial charge is 0.341 e. The van der Waals surface area contributed by atoms with E-state index in [0.29, 0.717) is 6.07 Å². The SMILES string of the molecule is NC(=O)c1ccsc1NC(=O)COC(=O)c1ccc(F)cc1F. The lowest BCUT2D eigenvalue weighted by atomic mass is 10.2. The Hall–Kier alpha value is -2.81. The summed E-state index contributed by atoms with van der Waals surface area (Å²) in [4.78, 5) is 34.4. The van der Waals surface area contributed by atoms with Crippen LogP contribution < -0.4 is 11.1 Å². The standard InChI is InChI=1S/C14H10F2N2O4S/c15-7-1-2-8(10(16)5-7)14(21)22-6-11(19)18-13-9(12(17)20)3-4-23-13/h1-5H,6H2,(H2,17,20)(H,18,19). The maximum absolute atomic E-state index is 13.4. The average molecular weight is 340 g/mol. The van der Waals surface area contributed by atoms with E-state index in [4.69, 9.17) is 5.73 Å². The van der Waals surface area contributed by atoms with E-state index in [1.807, 2.05) is 0 Å². The van der Waals surface area contributed by atoms with Gasteiger partial charge in [0.1, 0.15) is 16.6 Å². The number of nitrogens with two attached hydrogens (primary N) is 1. The monoisotopic (exact) mass is 340 g/mol. The summed E-state index contributed by atoms with van der Waals surface area (Å²) in [5.41, 5.74) is 4.75.